The highest BCUT2D eigenvalue weighted by atomic mass is 35.5. The molecule has 1 amide bonds. The molecule has 154 valence electrons. The first-order valence-electron chi connectivity index (χ1n) is 8.41. The van der Waals surface area contributed by atoms with Crippen LogP contribution in [0, 0.1) is 6.92 Å². The molecule has 0 fully saturated rings. The van der Waals surface area contributed by atoms with E-state index in [0.717, 1.165) is 15.8 Å². The minimum Gasteiger partial charge on any atom is -0.467 e. The smallest absolute Gasteiger partial charge is 0.435 e. The summed E-state index contributed by atoms with van der Waals surface area (Å²) in [6.45, 7) is 3.10. The van der Waals surface area contributed by atoms with Gasteiger partial charge in [-0.05, 0) is 26.0 Å². The number of aromatic nitrogens is 3. The Hall–Kier alpha value is -2.59. The minimum atomic E-state index is -4.68. The van der Waals surface area contributed by atoms with Gasteiger partial charge in [-0.25, -0.2) is 4.98 Å². The second-order valence-corrected chi connectivity index (χ2v) is 7.57. The highest BCUT2D eigenvalue weighted by Gasteiger charge is 2.36. The molecule has 0 bridgehead atoms. The van der Waals surface area contributed by atoms with Gasteiger partial charge in [-0.15, -0.1) is 11.3 Å². The Labute approximate surface area is 173 Å². The zero-order valence-electron chi connectivity index (χ0n) is 15.3. The molecule has 2 aromatic heterocycles. The number of rotatable bonds is 6. The van der Waals surface area contributed by atoms with Gasteiger partial charge < -0.3 is 10.1 Å². The van der Waals surface area contributed by atoms with Gasteiger partial charge in [0.2, 0.25) is 5.88 Å². The molecule has 1 atom stereocenters. The van der Waals surface area contributed by atoms with Crippen LogP contribution in [0.25, 0.3) is 5.69 Å². The summed E-state index contributed by atoms with van der Waals surface area (Å²) in [5, 5.41) is 9.10. The Morgan fingerprint density at radius 2 is 2.10 bits per heavy atom. The molecule has 0 saturated heterocycles. The summed E-state index contributed by atoms with van der Waals surface area (Å²) >= 11 is 7.52. The molecule has 2 heterocycles. The van der Waals surface area contributed by atoms with Crippen LogP contribution in [0.5, 0.6) is 5.88 Å². The lowest BCUT2D eigenvalue weighted by Gasteiger charge is -2.13. The second kappa shape index (κ2) is 8.42. The molecular weight excluding hydrogens is 429 g/mol. The fourth-order valence-electron chi connectivity index (χ4n) is 2.48. The number of halogens is 4. The number of ether oxygens (including phenoxy) is 1. The van der Waals surface area contributed by atoms with Crippen LogP contribution in [-0.2, 0) is 11.0 Å². The van der Waals surface area contributed by atoms with E-state index in [0.29, 0.717) is 5.69 Å². The zero-order chi connectivity index (χ0) is 21.2. The zero-order valence-corrected chi connectivity index (χ0v) is 16.9. The molecule has 1 unspecified atom stereocenters. The third-order valence-electron chi connectivity index (χ3n) is 3.86. The molecule has 0 radical (unpaired) electrons. The minimum absolute atomic E-state index is 0.186. The van der Waals surface area contributed by atoms with E-state index in [-0.39, 0.29) is 22.6 Å². The van der Waals surface area contributed by atoms with Crippen molar-refractivity contribution in [3.63, 3.8) is 0 Å². The topological polar surface area (TPSA) is 69.0 Å². The number of nitrogens with zero attached hydrogens (tertiary/aromatic N) is 3. The first-order chi connectivity index (χ1) is 13.6. The van der Waals surface area contributed by atoms with Gasteiger partial charge in [0.05, 0.1) is 27.5 Å². The summed E-state index contributed by atoms with van der Waals surface area (Å²) < 4.78 is 45.6. The largest absolute Gasteiger partial charge is 0.467 e. The van der Waals surface area contributed by atoms with Crippen LogP contribution in [0.15, 0.2) is 35.7 Å². The fraction of sp³-hybridized carbons (Fsp3) is 0.278. The highest BCUT2D eigenvalue weighted by molar-refractivity contribution is 7.09. The lowest BCUT2D eigenvalue weighted by molar-refractivity contribution is -0.141. The van der Waals surface area contributed by atoms with Crippen molar-refractivity contribution in [2.45, 2.75) is 26.1 Å². The maximum absolute atomic E-state index is 13.1. The number of nitrogens with one attached hydrogen (secondary N) is 1. The van der Waals surface area contributed by atoms with Crippen molar-refractivity contribution in [3.05, 3.63) is 57.1 Å². The van der Waals surface area contributed by atoms with Crippen LogP contribution in [0.2, 0.25) is 5.02 Å². The number of thiazole rings is 1. The maximum Gasteiger partial charge on any atom is 0.435 e. The van der Waals surface area contributed by atoms with Crippen LogP contribution in [0.1, 0.15) is 29.4 Å². The normalized spacial score (nSPS) is 12.6. The lowest BCUT2D eigenvalue weighted by atomic mass is 10.2. The number of alkyl halides is 3. The Bertz CT molecular complexity index is 1020. The number of benzene rings is 1. The van der Waals surface area contributed by atoms with E-state index in [1.807, 2.05) is 12.3 Å². The van der Waals surface area contributed by atoms with Crippen molar-refractivity contribution < 1.29 is 22.7 Å². The van der Waals surface area contributed by atoms with Gasteiger partial charge in [-0.2, -0.15) is 23.0 Å². The van der Waals surface area contributed by atoms with Gasteiger partial charge in [-0.3, -0.25) is 4.79 Å². The molecule has 0 aliphatic heterocycles. The predicted octanol–water partition coefficient (Wildman–Crippen LogP) is 4.57. The first kappa shape index (κ1) is 21.1. The standard InChI is InChI=1S/C18H16ClF3N4O2S/c1-10(13-9-29-11(2)24-13)23-16(27)8-28-17-7-15(18(20,21)22)25-26(17)14-6-4-3-5-12(14)19/h3-7,9-10H,8H2,1-2H3,(H,23,27). The second-order valence-electron chi connectivity index (χ2n) is 6.10. The van der Waals surface area contributed by atoms with E-state index in [1.54, 1.807) is 19.1 Å². The molecule has 3 rings (SSSR count). The van der Waals surface area contributed by atoms with Crippen LogP contribution >= 0.6 is 22.9 Å². The van der Waals surface area contributed by atoms with E-state index in [4.69, 9.17) is 16.3 Å². The highest BCUT2D eigenvalue weighted by Crippen LogP contribution is 2.33. The number of hydrogen-bond donors (Lipinski definition) is 1. The van der Waals surface area contributed by atoms with Crippen molar-refractivity contribution in [1.82, 2.24) is 20.1 Å². The Kier molecular flexibility index (Phi) is 6.13. The Morgan fingerprint density at radius 1 is 1.38 bits per heavy atom. The summed E-state index contributed by atoms with van der Waals surface area (Å²) in [6, 6.07) is 6.61. The average Bonchev–Trinajstić information content (AvgIpc) is 3.26. The van der Waals surface area contributed by atoms with E-state index < -0.39 is 24.4 Å². The van der Waals surface area contributed by atoms with E-state index in [2.05, 4.69) is 15.4 Å². The lowest BCUT2D eigenvalue weighted by Crippen LogP contribution is -2.31. The van der Waals surface area contributed by atoms with E-state index in [1.165, 1.54) is 23.5 Å². The number of carbonyl (C=O) groups is 1. The number of aryl methyl sites for hydroxylation is 1. The molecule has 0 aliphatic rings. The van der Waals surface area contributed by atoms with Crippen LogP contribution in [0.4, 0.5) is 13.2 Å². The fourth-order valence-corrected chi connectivity index (χ4v) is 3.40. The average molecular weight is 445 g/mol. The number of hydrogen-bond acceptors (Lipinski definition) is 5. The third kappa shape index (κ3) is 5.07. The van der Waals surface area contributed by atoms with Gasteiger partial charge in [0.1, 0.15) is 0 Å². The van der Waals surface area contributed by atoms with Gasteiger partial charge in [0.15, 0.2) is 12.3 Å². The van der Waals surface area contributed by atoms with Crippen molar-refractivity contribution in [3.8, 4) is 11.6 Å². The molecule has 29 heavy (non-hydrogen) atoms. The molecular formula is C18H16ClF3N4O2S. The SMILES string of the molecule is Cc1nc(C(C)NC(=O)COc2cc(C(F)(F)F)nn2-c2ccccc2Cl)cs1. The van der Waals surface area contributed by atoms with Crippen molar-refractivity contribution in [1.29, 1.82) is 0 Å². The van der Waals surface area contributed by atoms with Crippen LogP contribution < -0.4 is 10.1 Å². The van der Waals surface area contributed by atoms with Crippen LogP contribution in [-0.4, -0.2) is 27.3 Å². The van der Waals surface area contributed by atoms with Gasteiger partial charge in [-0.1, -0.05) is 23.7 Å². The van der Waals surface area contributed by atoms with Crippen LogP contribution in [0.3, 0.4) is 0 Å². The molecule has 3 aromatic rings. The van der Waals surface area contributed by atoms with Crippen molar-refractivity contribution in [2.24, 2.45) is 0 Å². The van der Waals surface area contributed by atoms with E-state index >= 15 is 0 Å². The van der Waals surface area contributed by atoms with Crippen molar-refractivity contribution >= 4 is 28.8 Å². The maximum atomic E-state index is 13.1. The molecule has 11 heteroatoms. The molecule has 1 aromatic carbocycles. The Balaban J connectivity index is 1.76. The summed E-state index contributed by atoms with van der Waals surface area (Å²) in [7, 11) is 0. The molecule has 6 nitrogen and oxygen atoms in total. The summed E-state index contributed by atoms with van der Waals surface area (Å²) in [4.78, 5) is 16.5. The quantitative estimate of drug-likeness (QED) is 0.605. The van der Waals surface area contributed by atoms with Gasteiger partial charge in [0, 0.05) is 11.4 Å². The van der Waals surface area contributed by atoms with Crippen molar-refractivity contribution in [2.75, 3.05) is 6.61 Å². The third-order valence-corrected chi connectivity index (χ3v) is 4.97. The predicted molar refractivity (Wildman–Crippen MR) is 102 cm³/mol. The first-order valence-corrected chi connectivity index (χ1v) is 9.67. The van der Waals surface area contributed by atoms with Gasteiger partial charge >= 0.3 is 6.18 Å². The number of amides is 1. The number of carbonyl (C=O) groups excluding carboxylic acids is 1. The monoisotopic (exact) mass is 444 g/mol. The molecule has 1 N–H and O–H groups in total. The number of para-hydroxylation sites is 1. The summed E-state index contributed by atoms with van der Waals surface area (Å²) in [5.74, 6) is -0.763. The van der Waals surface area contributed by atoms with Gasteiger partial charge in [0.25, 0.3) is 5.91 Å². The molecule has 0 aliphatic carbocycles. The molecule has 0 saturated carbocycles. The summed E-state index contributed by atoms with van der Waals surface area (Å²) in [5.41, 5.74) is -0.258. The molecule has 0 spiro atoms. The Morgan fingerprint density at radius 3 is 2.72 bits per heavy atom. The van der Waals surface area contributed by atoms with E-state index in [9.17, 15) is 18.0 Å². The summed E-state index contributed by atoms with van der Waals surface area (Å²) in [6.07, 6.45) is -4.68.